The van der Waals surface area contributed by atoms with Crippen molar-refractivity contribution in [1.29, 1.82) is 0 Å². The minimum Gasteiger partial charge on any atom is -0.508 e. The lowest BCUT2D eigenvalue weighted by Crippen LogP contribution is -2.28. The van der Waals surface area contributed by atoms with Crippen LogP contribution in [0, 0.1) is 6.92 Å². The van der Waals surface area contributed by atoms with Gasteiger partial charge in [-0.2, -0.15) is 4.98 Å². The van der Waals surface area contributed by atoms with E-state index in [9.17, 15) is 20.1 Å². The van der Waals surface area contributed by atoms with Crippen molar-refractivity contribution in [3.63, 3.8) is 0 Å². The van der Waals surface area contributed by atoms with Gasteiger partial charge in [-0.3, -0.25) is 4.79 Å². The van der Waals surface area contributed by atoms with Gasteiger partial charge in [0.1, 0.15) is 11.6 Å². The van der Waals surface area contributed by atoms with Crippen LogP contribution in [-0.4, -0.2) is 61.6 Å². The molecule has 5 N–H and O–H groups in total. The van der Waals surface area contributed by atoms with E-state index in [1.807, 2.05) is 19.1 Å². The molecule has 0 saturated heterocycles. The number of phenols is 1. The van der Waals surface area contributed by atoms with Crippen LogP contribution < -0.4 is 10.6 Å². The third-order valence-electron chi connectivity index (χ3n) is 4.59. The maximum atomic E-state index is 12.5. The number of aryl methyl sites for hydroxylation is 1. The molecule has 1 aromatic carbocycles. The second kappa shape index (κ2) is 9.86. The number of aromatic hydroxyl groups is 1. The zero-order valence-electron chi connectivity index (χ0n) is 16.6. The van der Waals surface area contributed by atoms with Crippen LogP contribution in [0.5, 0.6) is 5.75 Å². The van der Waals surface area contributed by atoms with E-state index in [-0.39, 0.29) is 30.8 Å². The minimum atomic E-state index is -0.560. The lowest BCUT2D eigenvalue weighted by atomic mass is 10.1. The first-order valence-corrected chi connectivity index (χ1v) is 9.57. The van der Waals surface area contributed by atoms with Gasteiger partial charge in [-0.15, -0.1) is 0 Å². The van der Waals surface area contributed by atoms with Crippen LogP contribution in [0.2, 0.25) is 0 Å². The summed E-state index contributed by atoms with van der Waals surface area (Å²) in [7, 11) is 0. The standard InChI is InChI=1S/C21H25N5O4/c1-14-10-23-21(24-17(12-27)13-28)25-19(14)26-9-7-16(11-26)20(30)22-8-6-15-4-2-3-5-18(15)29/h2-5,7,9-11,17,27-29H,6,8,12-13H2,1H3,(H,22,30)(H,23,24,25). The third kappa shape index (κ3) is 5.13. The maximum Gasteiger partial charge on any atom is 0.252 e. The first kappa shape index (κ1) is 21.3. The highest BCUT2D eigenvalue weighted by atomic mass is 16.3. The van der Waals surface area contributed by atoms with E-state index < -0.39 is 6.04 Å². The third-order valence-corrected chi connectivity index (χ3v) is 4.59. The van der Waals surface area contributed by atoms with E-state index in [1.165, 1.54) is 0 Å². The van der Waals surface area contributed by atoms with E-state index in [0.29, 0.717) is 24.3 Å². The molecule has 0 aliphatic heterocycles. The van der Waals surface area contributed by atoms with E-state index >= 15 is 0 Å². The van der Waals surface area contributed by atoms with Crippen molar-refractivity contribution in [1.82, 2.24) is 19.9 Å². The second-order valence-electron chi connectivity index (χ2n) is 6.85. The zero-order chi connectivity index (χ0) is 21.5. The van der Waals surface area contributed by atoms with Crippen LogP contribution in [-0.2, 0) is 6.42 Å². The molecular weight excluding hydrogens is 386 g/mol. The summed E-state index contributed by atoms with van der Waals surface area (Å²) >= 11 is 0. The van der Waals surface area contributed by atoms with Crippen LogP contribution in [0.4, 0.5) is 5.95 Å². The second-order valence-corrected chi connectivity index (χ2v) is 6.85. The number of carbonyl (C=O) groups is 1. The molecule has 3 rings (SSSR count). The van der Waals surface area contributed by atoms with Gasteiger partial charge < -0.3 is 30.5 Å². The molecule has 0 radical (unpaired) electrons. The number of phenolic OH excluding ortho intramolecular Hbond substituents is 1. The van der Waals surface area contributed by atoms with Gasteiger partial charge in [-0.25, -0.2) is 4.98 Å². The largest absolute Gasteiger partial charge is 0.508 e. The summed E-state index contributed by atoms with van der Waals surface area (Å²) in [6.07, 6.45) is 5.55. The van der Waals surface area contributed by atoms with Crippen LogP contribution in [0.3, 0.4) is 0 Å². The highest BCUT2D eigenvalue weighted by Crippen LogP contribution is 2.17. The number of hydrogen-bond donors (Lipinski definition) is 5. The first-order valence-electron chi connectivity index (χ1n) is 9.57. The number of aliphatic hydroxyl groups is 2. The molecule has 1 amide bonds. The number of benzene rings is 1. The molecule has 0 spiro atoms. The molecule has 0 bridgehead atoms. The van der Waals surface area contributed by atoms with Gasteiger partial charge in [-0.1, -0.05) is 18.2 Å². The number of aromatic nitrogens is 3. The molecule has 9 nitrogen and oxygen atoms in total. The normalized spacial score (nSPS) is 10.9. The Labute approximate surface area is 174 Å². The Kier molecular flexibility index (Phi) is 6.99. The average Bonchev–Trinajstić information content (AvgIpc) is 3.24. The van der Waals surface area contributed by atoms with Gasteiger partial charge in [0, 0.05) is 30.7 Å². The van der Waals surface area contributed by atoms with Crippen molar-refractivity contribution < 1.29 is 20.1 Å². The summed E-state index contributed by atoms with van der Waals surface area (Å²) in [6.45, 7) is 1.74. The average molecular weight is 411 g/mol. The van der Waals surface area contributed by atoms with Crippen molar-refractivity contribution in [3.05, 3.63) is 65.6 Å². The molecule has 2 aromatic heterocycles. The number of carbonyl (C=O) groups excluding carboxylic acids is 1. The number of aliphatic hydroxyl groups excluding tert-OH is 2. The first-order chi connectivity index (χ1) is 14.5. The number of rotatable bonds is 9. The zero-order valence-corrected chi connectivity index (χ0v) is 16.6. The highest BCUT2D eigenvalue weighted by Gasteiger charge is 2.13. The Balaban J connectivity index is 1.66. The SMILES string of the molecule is Cc1cnc(NC(CO)CO)nc1-n1ccc(C(=O)NCCc2ccccc2O)c1. The van der Waals surface area contributed by atoms with Crippen LogP contribution in [0.25, 0.3) is 5.82 Å². The van der Waals surface area contributed by atoms with Gasteiger partial charge in [0.2, 0.25) is 5.95 Å². The smallest absolute Gasteiger partial charge is 0.252 e. The summed E-state index contributed by atoms with van der Waals surface area (Å²) in [5.74, 6) is 0.836. The summed E-state index contributed by atoms with van der Waals surface area (Å²) < 4.78 is 1.72. The molecule has 9 heteroatoms. The van der Waals surface area contributed by atoms with Gasteiger partial charge in [0.25, 0.3) is 5.91 Å². The fourth-order valence-corrected chi connectivity index (χ4v) is 2.89. The van der Waals surface area contributed by atoms with Crippen molar-refractivity contribution in [2.24, 2.45) is 0 Å². The van der Waals surface area contributed by atoms with E-state index in [0.717, 1.165) is 11.1 Å². The summed E-state index contributed by atoms with van der Waals surface area (Å²) in [6, 6.07) is 8.16. The predicted octanol–water partition coefficient (Wildman–Crippen LogP) is 1.02. The molecule has 158 valence electrons. The number of hydrogen-bond acceptors (Lipinski definition) is 7. The Morgan fingerprint density at radius 2 is 1.97 bits per heavy atom. The van der Waals surface area contributed by atoms with E-state index in [2.05, 4.69) is 20.6 Å². The Morgan fingerprint density at radius 1 is 1.20 bits per heavy atom. The molecule has 0 aliphatic rings. The molecule has 30 heavy (non-hydrogen) atoms. The lowest BCUT2D eigenvalue weighted by Gasteiger charge is -2.14. The van der Waals surface area contributed by atoms with Gasteiger partial charge >= 0.3 is 0 Å². The summed E-state index contributed by atoms with van der Waals surface area (Å²) in [5, 5.41) is 33.9. The lowest BCUT2D eigenvalue weighted by molar-refractivity contribution is 0.0954. The van der Waals surface area contributed by atoms with Crippen molar-refractivity contribution >= 4 is 11.9 Å². The highest BCUT2D eigenvalue weighted by molar-refractivity contribution is 5.94. The molecule has 0 saturated carbocycles. The molecular formula is C21H25N5O4. The van der Waals surface area contributed by atoms with Crippen LogP contribution >= 0.6 is 0 Å². The quantitative estimate of drug-likeness (QED) is 0.355. The van der Waals surface area contributed by atoms with E-state index in [1.54, 1.807) is 41.4 Å². The predicted molar refractivity (Wildman–Crippen MR) is 112 cm³/mol. The molecule has 2 heterocycles. The number of anilines is 1. The van der Waals surface area contributed by atoms with Crippen molar-refractivity contribution in [2.75, 3.05) is 25.1 Å². The number of nitrogens with one attached hydrogen (secondary N) is 2. The molecule has 0 fully saturated rings. The van der Waals surface area contributed by atoms with Crippen molar-refractivity contribution in [3.8, 4) is 11.6 Å². The number of nitrogens with zero attached hydrogens (tertiary/aromatic N) is 3. The monoisotopic (exact) mass is 411 g/mol. The molecule has 3 aromatic rings. The number of amides is 1. The van der Waals surface area contributed by atoms with Gasteiger partial charge in [0.15, 0.2) is 0 Å². The Hall–Kier alpha value is -3.43. The van der Waals surface area contributed by atoms with Crippen molar-refractivity contribution in [2.45, 2.75) is 19.4 Å². The Morgan fingerprint density at radius 3 is 2.70 bits per heavy atom. The fourth-order valence-electron chi connectivity index (χ4n) is 2.89. The van der Waals surface area contributed by atoms with Gasteiger partial charge in [0.05, 0.1) is 24.8 Å². The number of para-hydroxylation sites is 1. The minimum absolute atomic E-state index is 0.214. The molecule has 0 aliphatic carbocycles. The summed E-state index contributed by atoms with van der Waals surface area (Å²) in [5.41, 5.74) is 2.05. The molecule has 0 atom stereocenters. The maximum absolute atomic E-state index is 12.5. The summed E-state index contributed by atoms with van der Waals surface area (Å²) in [4.78, 5) is 21.0. The molecule has 0 unspecified atom stereocenters. The van der Waals surface area contributed by atoms with Crippen LogP contribution in [0.15, 0.2) is 48.9 Å². The Bertz CT molecular complexity index is 1000. The van der Waals surface area contributed by atoms with E-state index in [4.69, 9.17) is 0 Å². The van der Waals surface area contributed by atoms with Crippen LogP contribution in [0.1, 0.15) is 21.5 Å². The topological polar surface area (TPSA) is 133 Å². The fraction of sp³-hybridized carbons (Fsp3) is 0.286. The van der Waals surface area contributed by atoms with Gasteiger partial charge in [-0.05, 0) is 31.0 Å².